The molecule has 0 aromatic heterocycles. The van der Waals surface area contributed by atoms with Crippen molar-refractivity contribution >= 4 is 0 Å². The fourth-order valence-electron chi connectivity index (χ4n) is 1.51. The first-order valence-corrected chi connectivity index (χ1v) is 5.83. The Hall–Kier alpha value is -0.0800. The van der Waals surface area contributed by atoms with Crippen LogP contribution in [0.15, 0.2) is 0 Å². The van der Waals surface area contributed by atoms with Gasteiger partial charge >= 0.3 is 0 Å². The lowest BCUT2D eigenvalue weighted by molar-refractivity contribution is -0.848. The van der Waals surface area contributed by atoms with Crippen molar-refractivity contribution in [3.05, 3.63) is 5.21 Å². The van der Waals surface area contributed by atoms with Crippen molar-refractivity contribution in [3.8, 4) is 0 Å². The first-order valence-electron chi connectivity index (χ1n) is 5.83. The van der Waals surface area contributed by atoms with Crippen LogP contribution in [-0.2, 0) is 0 Å². The summed E-state index contributed by atoms with van der Waals surface area (Å²) in [7, 11) is 0. The fraction of sp³-hybridized carbons (Fsp3) is 1.00. The average molecular weight is 187 g/mol. The molecule has 1 unspecified atom stereocenters. The van der Waals surface area contributed by atoms with E-state index in [1.54, 1.807) is 0 Å². The smallest absolute Gasteiger partial charge is 0.0768 e. The second-order valence-electron chi connectivity index (χ2n) is 3.81. The van der Waals surface area contributed by atoms with Gasteiger partial charge < -0.3 is 10.3 Å². The van der Waals surface area contributed by atoms with Crippen LogP contribution >= 0.6 is 0 Å². The van der Waals surface area contributed by atoms with Gasteiger partial charge in [-0.2, -0.15) is 0 Å². The second-order valence-corrected chi connectivity index (χ2v) is 3.81. The number of hydroxylamine groups is 2. The van der Waals surface area contributed by atoms with E-state index in [1.165, 1.54) is 32.1 Å². The largest absolute Gasteiger partial charge is 0.634 e. The maximum Gasteiger partial charge on any atom is 0.0768 e. The van der Waals surface area contributed by atoms with E-state index in [0.717, 1.165) is 25.9 Å². The molecule has 0 rings (SSSR count). The van der Waals surface area contributed by atoms with Crippen LogP contribution < -0.4 is 5.06 Å². The Morgan fingerprint density at radius 1 is 0.769 bits per heavy atom. The average Bonchev–Trinajstić information content (AvgIpc) is 2.11. The number of hydrogen-bond donors (Lipinski definition) is 1. The van der Waals surface area contributed by atoms with E-state index in [9.17, 15) is 5.21 Å². The van der Waals surface area contributed by atoms with E-state index < -0.39 is 0 Å². The monoisotopic (exact) mass is 187 g/mol. The third kappa shape index (κ3) is 9.84. The number of rotatable bonds is 9. The Balaban J connectivity index is 2.97. The highest BCUT2D eigenvalue weighted by atomic mass is 16.5. The van der Waals surface area contributed by atoms with E-state index in [-0.39, 0.29) is 0 Å². The zero-order valence-corrected chi connectivity index (χ0v) is 9.27. The summed E-state index contributed by atoms with van der Waals surface area (Å²) in [6.45, 7) is 5.90. The minimum atomic E-state index is 0.456. The molecule has 0 saturated carbocycles. The predicted molar refractivity (Wildman–Crippen MR) is 57.7 cm³/mol. The Morgan fingerprint density at radius 3 is 2.00 bits per heavy atom. The van der Waals surface area contributed by atoms with Crippen LogP contribution in [0.25, 0.3) is 0 Å². The van der Waals surface area contributed by atoms with Gasteiger partial charge in [-0.05, 0) is 19.3 Å². The normalized spacial score (nSPS) is 13.2. The highest BCUT2D eigenvalue weighted by Gasteiger charge is 1.95. The molecule has 0 spiro atoms. The molecule has 0 aliphatic rings. The molecule has 0 aromatic carbocycles. The van der Waals surface area contributed by atoms with E-state index in [1.807, 2.05) is 0 Å². The van der Waals surface area contributed by atoms with Crippen molar-refractivity contribution in [1.82, 2.24) is 0 Å². The number of quaternary nitrogens is 1. The van der Waals surface area contributed by atoms with Gasteiger partial charge in [0, 0.05) is 0 Å². The number of unbranched alkanes of at least 4 members (excludes halogenated alkanes) is 5. The summed E-state index contributed by atoms with van der Waals surface area (Å²) >= 11 is 0. The van der Waals surface area contributed by atoms with Crippen molar-refractivity contribution in [1.29, 1.82) is 0 Å². The van der Waals surface area contributed by atoms with Crippen LogP contribution in [-0.4, -0.2) is 13.1 Å². The van der Waals surface area contributed by atoms with Crippen LogP contribution in [0.2, 0.25) is 0 Å². The molecule has 0 saturated heterocycles. The lowest BCUT2D eigenvalue weighted by Gasteiger charge is -2.21. The molecule has 2 heteroatoms. The van der Waals surface area contributed by atoms with E-state index in [2.05, 4.69) is 13.8 Å². The van der Waals surface area contributed by atoms with Crippen molar-refractivity contribution in [3.63, 3.8) is 0 Å². The van der Waals surface area contributed by atoms with Crippen molar-refractivity contribution < 1.29 is 5.06 Å². The zero-order valence-electron chi connectivity index (χ0n) is 9.27. The molecular weight excluding hydrogens is 162 g/mol. The highest BCUT2D eigenvalue weighted by Crippen LogP contribution is 2.03. The van der Waals surface area contributed by atoms with Gasteiger partial charge in [-0.15, -0.1) is 0 Å². The topological polar surface area (TPSA) is 27.5 Å². The van der Waals surface area contributed by atoms with Gasteiger partial charge in [0.15, 0.2) is 0 Å². The van der Waals surface area contributed by atoms with Gasteiger partial charge in [0.25, 0.3) is 0 Å². The van der Waals surface area contributed by atoms with Gasteiger partial charge in [-0.3, -0.25) is 0 Å². The molecule has 80 valence electrons. The molecule has 1 atom stereocenters. The Kier molecular flexibility index (Phi) is 9.94. The van der Waals surface area contributed by atoms with Crippen LogP contribution in [0.1, 0.15) is 58.8 Å². The van der Waals surface area contributed by atoms with Crippen LogP contribution in [0.4, 0.5) is 0 Å². The molecule has 2 nitrogen and oxygen atoms in total. The third-order valence-electron chi connectivity index (χ3n) is 2.34. The maximum absolute atomic E-state index is 11.1. The molecule has 0 aliphatic heterocycles. The summed E-state index contributed by atoms with van der Waals surface area (Å²) in [6, 6.07) is 0. The first kappa shape index (κ1) is 12.9. The molecule has 1 N–H and O–H groups in total. The zero-order chi connectivity index (χ0) is 9.94. The number of nitrogens with one attached hydrogen (secondary N) is 1. The molecule has 0 fully saturated rings. The highest BCUT2D eigenvalue weighted by molar-refractivity contribution is 4.42. The molecule has 0 amide bonds. The van der Waals surface area contributed by atoms with Crippen LogP contribution in [0, 0.1) is 5.21 Å². The lowest BCUT2D eigenvalue weighted by atomic mass is 10.1. The first-order chi connectivity index (χ1) is 6.31. The maximum atomic E-state index is 11.1. The summed E-state index contributed by atoms with van der Waals surface area (Å²) in [5.74, 6) is 0. The molecule has 0 aliphatic carbocycles. The SMILES string of the molecule is CCCCCCCC[NH+]([O-])CCC. The van der Waals surface area contributed by atoms with E-state index >= 15 is 0 Å². The molecule has 0 aromatic rings. The summed E-state index contributed by atoms with van der Waals surface area (Å²) in [6.07, 6.45) is 8.68. The molecule has 13 heavy (non-hydrogen) atoms. The van der Waals surface area contributed by atoms with Crippen molar-refractivity contribution in [2.24, 2.45) is 0 Å². The number of hydrogen-bond acceptors (Lipinski definition) is 1. The summed E-state index contributed by atoms with van der Waals surface area (Å²) < 4.78 is 0. The van der Waals surface area contributed by atoms with Gasteiger partial charge in [-0.25, -0.2) is 0 Å². The second kappa shape index (κ2) is 10.0. The van der Waals surface area contributed by atoms with Crippen LogP contribution in [0.3, 0.4) is 0 Å². The minimum absolute atomic E-state index is 0.456. The minimum Gasteiger partial charge on any atom is -0.634 e. The molecule has 0 bridgehead atoms. The standard InChI is InChI=1S/C11H25NO/c1-3-5-6-7-8-9-11-12(13)10-4-2/h12H,3-11H2,1-2H3. The Bertz CT molecular complexity index is 96.1. The fourth-order valence-corrected chi connectivity index (χ4v) is 1.51. The Morgan fingerprint density at radius 2 is 1.38 bits per heavy atom. The van der Waals surface area contributed by atoms with Gasteiger partial charge in [0.2, 0.25) is 0 Å². The van der Waals surface area contributed by atoms with E-state index in [4.69, 9.17) is 0 Å². The lowest BCUT2D eigenvalue weighted by Crippen LogP contribution is -3.07. The predicted octanol–water partition coefficient (Wildman–Crippen LogP) is 2.14. The van der Waals surface area contributed by atoms with Crippen LogP contribution in [0.5, 0.6) is 0 Å². The quantitative estimate of drug-likeness (QED) is 0.434. The summed E-state index contributed by atoms with van der Waals surface area (Å²) in [5, 5.41) is 11.6. The third-order valence-corrected chi connectivity index (χ3v) is 2.34. The van der Waals surface area contributed by atoms with Gasteiger partial charge in [-0.1, -0.05) is 39.5 Å². The van der Waals surface area contributed by atoms with E-state index in [0.29, 0.717) is 5.06 Å². The summed E-state index contributed by atoms with van der Waals surface area (Å²) in [5.41, 5.74) is 0. The van der Waals surface area contributed by atoms with Crippen molar-refractivity contribution in [2.45, 2.75) is 58.8 Å². The summed E-state index contributed by atoms with van der Waals surface area (Å²) in [4.78, 5) is 0. The van der Waals surface area contributed by atoms with Gasteiger partial charge in [0.05, 0.1) is 13.1 Å². The molecular formula is C11H25NO. The Labute approximate surface area is 82.9 Å². The molecule has 0 radical (unpaired) electrons. The van der Waals surface area contributed by atoms with Crippen molar-refractivity contribution in [2.75, 3.05) is 13.1 Å². The molecule has 0 heterocycles. The van der Waals surface area contributed by atoms with Gasteiger partial charge in [0.1, 0.15) is 0 Å².